The Morgan fingerprint density at radius 3 is 2.86 bits per heavy atom. The van der Waals surface area contributed by atoms with Crippen molar-refractivity contribution in [3.8, 4) is 0 Å². The Morgan fingerprint density at radius 1 is 1.57 bits per heavy atom. The summed E-state index contributed by atoms with van der Waals surface area (Å²) in [6.45, 7) is 4.23. The van der Waals surface area contributed by atoms with Gasteiger partial charge in [-0.3, -0.25) is 4.98 Å². The van der Waals surface area contributed by atoms with Gasteiger partial charge in [0.25, 0.3) is 0 Å². The number of aryl methyl sites for hydroxylation is 1. The molecule has 0 fully saturated rings. The van der Waals surface area contributed by atoms with Crippen molar-refractivity contribution >= 4 is 15.9 Å². The Bertz CT molecular complexity index is 299. The molecule has 0 unspecified atom stereocenters. The lowest BCUT2D eigenvalue weighted by Crippen LogP contribution is -2.13. The highest BCUT2D eigenvalue weighted by molar-refractivity contribution is 9.10. The third-order valence-corrected chi connectivity index (χ3v) is 2.74. The summed E-state index contributed by atoms with van der Waals surface area (Å²) in [5.41, 5.74) is 8.25. The van der Waals surface area contributed by atoms with E-state index < -0.39 is 0 Å². The molecule has 0 aliphatic heterocycles. The SMILES string of the molecule is CCCC[C@H](N)c1ncc(Br)cc1C. The maximum Gasteiger partial charge on any atom is 0.0600 e. The Morgan fingerprint density at radius 2 is 2.29 bits per heavy atom. The van der Waals surface area contributed by atoms with Crippen LogP contribution in [-0.4, -0.2) is 4.98 Å². The summed E-state index contributed by atoms with van der Waals surface area (Å²) < 4.78 is 1.02. The number of hydrogen-bond donors (Lipinski definition) is 1. The molecule has 2 N–H and O–H groups in total. The Kier molecular flexibility index (Phi) is 4.55. The molecule has 0 spiro atoms. The van der Waals surface area contributed by atoms with Crippen LogP contribution in [0.1, 0.15) is 43.5 Å². The van der Waals surface area contributed by atoms with E-state index >= 15 is 0 Å². The molecule has 0 aromatic carbocycles. The molecule has 3 heteroatoms. The summed E-state index contributed by atoms with van der Waals surface area (Å²) in [7, 11) is 0. The standard InChI is InChI=1S/C11H17BrN2/c1-3-4-5-10(13)11-8(2)6-9(12)7-14-11/h6-7,10H,3-5,13H2,1-2H3/t10-/m0/s1. The first-order valence-electron chi connectivity index (χ1n) is 5.02. The summed E-state index contributed by atoms with van der Waals surface area (Å²) in [4.78, 5) is 4.36. The number of nitrogens with two attached hydrogens (primary N) is 1. The minimum atomic E-state index is 0.0862. The van der Waals surface area contributed by atoms with Crippen molar-refractivity contribution < 1.29 is 0 Å². The molecule has 1 rings (SSSR count). The van der Waals surface area contributed by atoms with Crippen LogP contribution in [0.5, 0.6) is 0 Å². The number of aromatic nitrogens is 1. The van der Waals surface area contributed by atoms with Crippen molar-refractivity contribution in [3.05, 3.63) is 28.0 Å². The van der Waals surface area contributed by atoms with E-state index in [4.69, 9.17) is 5.73 Å². The lowest BCUT2D eigenvalue weighted by molar-refractivity contribution is 0.587. The molecule has 1 aromatic heterocycles. The highest BCUT2D eigenvalue weighted by atomic mass is 79.9. The minimum Gasteiger partial charge on any atom is -0.323 e. The molecule has 1 atom stereocenters. The van der Waals surface area contributed by atoms with Gasteiger partial charge in [0.2, 0.25) is 0 Å². The zero-order chi connectivity index (χ0) is 10.6. The van der Waals surface area contributed by atoms with Crippen molar-refractivity contribution in [2.75, 3.05) is 0 Å². The van der Waals surface area contributed by atoms with Gasteiger partial charge in [0, 0.05) is 16.7 Å². The maximum absolute atomic E-state index is 6.05. The fourth-order valence-corrected chi connectivity index (χ4v) is 1.95. The molecule has 0 aliphatic rings. The Hall–Kier alpha value is -0.410. The second-order valence-electron chi connectivity index (χ2n) is 3.60. The van der Waals surface area contributed by atoms with Gasteiger partial charge in [0.05, 0.1) is 5.69 Å². The van der Waals surface area contributed by atoms with Crippen LogP contribution in [-0.2, 0) is 0 Å². The number of hydrogen-bond acceptors (Lipinski definition) is 2. The second kappa shape index (κ2) is 5.47. The number of pyridine rings is 1. The first-order chi connectivity index (χ1) is 6.65. The van der Waals surface area contributed by atoms with Crippen LogP contribution < -0.4 is 5.73 Å². The first-order valence-corrected chi connectivity index (χ1v) is 5.82. The summed E-state index contributed by atoms with van der Waals surface area (Å²) in [5, 5.41) is 0. The van der Waals surface area contributed by atoms with Gasteiger partial charge in [-0.15, -0.1) is 0 Å². The highest BCUT2D eigenvalue weighted by Crippen LogP contribution is 2.20. The maximum atomic E-state index is 6.05. The van der Waals surface area contributed by atoms with Crippen molar-refractivity contribution in [1.82, 2.24) is 4.98 Å². The average molecular weight is 257 g/mol. The Labute approximate surface area is 94.0 Å². The fourth-order valence-electron chi connectivity index (χ4n) is 1.50. The summed E-state index contributed by atoms with van der Waals surface area (Å²) in [6, 6.07) is 2.15. The number of halogens is 1. The third kappa shape index (κ3) is 3.07. The van der Waals surface area contributed by atoms with E-state index in [1.165, 1.54) is 18.4 Å². The predicted molar refractivity (Wildman–Crippen MR) is 63.1 cm³/mol. The smallest absolute Gasteiger partial charge is 0.0600 e. The zero-order valence-corrected chi connectivity index (χ0v) is 10.3. The van der Waals surface area contributed by atoms with Crippen molar-refractivity contribution in [2.45, 2.75) is 39.2 Å². The molecule has 14 heavy (non-hydrogen) atoms. The molecular weight excluding hydrogens is 240 g/mol. The number of rotatable bonds is 4. The molecule has 1 aromatic rings. The van der Waals surface area contributed by atoms with Crippen LogP contribution in [0.3, 0.4) is 0 Å². The molecule has 0 aliphatic carbocycles. The topological polar surface area (TPSA) is 38.9 Å². The molecule has 0 saturated carbocycles. The third-order valence-electron chi connectivity index (χ3n) is 2.31. The average Bonchev–Trinajstić information content (AvgIpc) is 2.14. The van der Waals surface area contributed by atoms with Crippen LogP contribution in [0.2, 0.25) is 0 Å². The van der Waals surface area contributed by atoms with E-state index in [9.17, 15) is 0 Å². The quantitative estimate of drug-likeness (QED) is 0.898. The lowest BCUT2D eigenvalue weighted by atomic mass is 10.0. The van der Waals surface area contributed by atoms with Crippen molar-refractivity contribution in [3.63, 3.8) is 0 Å². The predicted octanol–water partition coefficient (Wildman–Crippen LogP) is 3.34. The molecular formula is C11H17BrN2. The molecule has 78 valence electrons. The van der Waals surface area contributed by atoms with E-state index in [-0.39, 0.29) is 6.04 Å². The molecule has 0 radical (unpaired) electrons. The van der Waals surface area contributed by atoms with E-state index in [1.807, 2.05) is 6.20 Å². The van der Waals surface area contributed by atoms with Crippen LogP contribution in [0, 0.1) is 6.92 Å². The van der Waals surface area contributed by atoms with E-state index in [0.29, 0.717) is 0 Å². The zero-order valence-electron chi connectivity index (χ0n) is 8.76. The van der Waals surface area contributed by atoms with Crippen molar-refractivity contribution in [1.29, 1.82) is 0 Å². The van der Waals surface area contributed by atoms with Gasteiger partial charge in [-0.25, -0.2) is 0 Å². The van der Waals surface area contributed by atoms with E-state index in [0.717, 1.165) is 16.6 Å². The molecule has 0 saturated heterocycles. The summed E-state index contributed by atoms with van der Waals surface area (Å²) in [6.07, 6.45) is 5.18. The second-order valence-corrected chi connectivity index (χ2v) is 4.52. The summed E-state index contributed by atoms with van der Waals surface area (Å²) >= 11 is 3.39. The van der Waals surface area contributed by atoms with Gasteiger partial charge in [-0.1, -0.05) is 19.8 Å². The van der Waals surface area contributed by atoms with E-state index in [1.54, 1.807) is 0 Å². The summed E-state index contributed by atoms with van der Waals surface area (Å²) in [5.74, 6) is 0. The molecule has 1 heterocycles. The van der Waals surface area contributed by atoms with E-state index in [2.05, 4.69) is 40.8 Å². The van der Waals surface area contributed by atoms with Gasteiger partial charge in [-0.05, 0) is 40.9 Å². The minimum absolute atomic E-state index is 0.0862. The number of nitrogens with zero attached hydrogens (tertiary/aromatic N) is 1. The normalized spacial score (nSPS) is 12.9. The van der Waals surface area contributed by atoms with Gasteiger partial charge in [-0.2, -0.15) is 0 Å². The van der Waals surface area contributed by atoms with Crippen LogP contribution in [0.25, 0.3) is 0 Å². The van der Waals surface area contributed by atoms with Gasteiger partial charge in [0.15, 0.2) is 0 Å². The fraction of sp³-hybridized carbons (Fsp3) is 0.545. The van der Waals surface area contributed by atoms with Crippen LogP contribution >= 0.6 is 15.9 Å². The van der Waals surface area contributed by atoms with Crippen LogP contribution in [0.4, 0.5) is 0 Å². The van der Waals surface area contributed by atoms with Crippen molar-refractivity contribution in [2.24, 2.45) is 5.73 Å². The molecule has 0 bridgehead atoms. The monoisotopic (exact) mass is 256 g/mol. The Balaban J connectivity index is 2.74. The van der Waals surface area contributed by atoms with Crippen LogP contribution in [0.15, 0.2) is 16.7 Å². The largest absolute Gasteiger partial charge is 0.323 e. The number of unbranched alkanes of at least 4 members (excludes halogenated alkanes) is 1. The highest BCUT2D eigenvalue weighted by Gasteiger charge is 2.09. The van der Waals surface area contributed by atoms with Gasteiger partial charge >= 0.3 is 0 Å². The molecule has 0 amide bonds. The van der Waals surface area contributed by atoms with Gasteiger partial charge < -0.3 is 5.73 Å². The molecule has 2 nitrogen and oxygen atoms in total. The van der Waals surface area contributed by atoms with Gasteiger partial charge in [0.1, 0.15) is 0 Å². The first kappa shape index (κ1) is 11.7. The lowest BCUT2D eigenvalue weighted by Gasteiger charge is -2.13.